The smallest absolute Gasteiger partial charge is 0.151 e. The zero-order valence-corrected chi connectivity index (χ0v) is 9.80. The van der Waals surface area contributed by atoms with Crippen molar-refractivity contribution in [2.45, 2.75) is 6.42 Å². The first-order valence-electron chi connectivity index (χ1n) is 5.34. The molecule has 0 N–H and O–H groups in total. The van der Waals surface area contributed by atoms with Crippen molar-refractivity contribution in [1.82, 2.24) is 4.98 Å². The summed E-state index contributed by atoms with van der Waals surface area (Å²) in [6, 6.07) is 5.58. The van der Waals surface area contributed by atoms with Crippen molar-refractivity contribution >= 4 is 12.1 Å². The summed E-state index contributed by atoms with van der Waals surface area (Å²) in [6.45, 7) is 1.85. The molecule has 0 aliphatic heterocycles. The van der Waals surface area contributed by atoms with Gasteiger partial charge in [-0.15, -0.1) is 0 Å². The number of nitrogens with zero attached hydrogens (tertiary/aromatic N) is 3. The van der Waals surface area contributed by atoms with Crippen LogP contribution in [0.3, 0.4) is 0 Å². The summed E-state index contributed by atoms with van der Waals surface area (Å²) < 4.78 is 5.01. The third-order valence-electron chi connectivity index (χ3n) is 2.29. The van der Waals surface area contributed by atoms with E-state index in [1.165, 1.54) is 6.20 Å². The van der Waals surface area contributed by atoms with Gasteiger partial charge < -0.3 is 9.64 Å². The largest absolute Gasteiger partial charge is 0.383 e. The number of carbonyl (C=O) groups excluding carboxylic acids is 1. The maximum Gasteiger partial charge on any atom is 0.151 e. The average Bonchev–Trinajstić information content (AvgIpc) is 2.39. The predicted octanol–water partition coefficient (Wildman–Crippen LogP) is 1.26. The zero-order chi connectivity index (χ0) is 12.5. The van der Waals surface area contributed by atoms with Crippen molar-refractivity contribution in [2.24, 2.45) is 0 Å². The quantitative estimate of drug-likeness (QED) is 0.663. The lowest BCUT2D eigenvalue weighted by Crippen LogP contribution is -2.28. The first-order valence-corrected chi connectivity index (χ1v) is 5.34. The van der Waals surface area contributed by atoms with Crippen LogP contribution < -0.4 is 4.90 Å². The number of hydrogen-bond donors (Lipinski definition) is 0. The summed E-state index contributed by atoms with van der Waals surface area (Å²) in [6.07, 6.45) is 2.71. The fourth-order valence-electron chi connectivity index (χ4n) is 1.38. The van der Waals surface area contributed by atoms with Crippen LogP contribution in [-0.4, -0.2) is 38.1 Å². The molecule has 1 rings (SSSR count). The summed E-state index contributed by atoms with van der Waals surface area (Å²) in [5, 5.41) is 8.59. The molecule has 0 saturated heterocycles. The molecule has 0 unspecified atom stereocenters. The van der Waals surface area contributed by atoms with Crippen LogP contribution in [0.2, 0.25) is 0 Å². The van der Waals surface area contributed by atoms with Crippen LogP contribution >= 0.6 is 0 Å². The molecule has 0 aromatic carbocycles. The van der Waals surface area contributed by atoms with Crippen LogP contribution in [0.5, 0.6) is 0 Å². The zero-order valence-electron chi connectivity index (χ0n) is 9.80. The molecule has 1 heterocycles. The monoisotopic (exact) mass is 233 g/mol. The molecule has 0 radical (unpaired) electrons. The van der Waals surface area contributed by atoms with E-state index in [0.29, 0.717) is 31.7 Å². The van der Waals surface area contributed by atoms with Gasteiger partial charge >= 0.3 is 0 Å². The van der Waals surface area contributed by atoms with Gasteiger partial charge in [0.15, 0.2) is 6.29 Å². The number of rotatable bonds is 7. The van der Waals surface area contributed by atoms with Gasteiger partial charge in [0.2, 0.25) is 0 Å². The first kappa shape index (κ1) is 13.1. The van der Waals surface area contributed by atoms with Crippen molar-refractivity contribution in [3.63, 3.8) is 0 Å². The molecule has 0 saturated carbocycles. The average molecular weight is 233 g/mol. The molecule has 1 aromatic rings. The van der Waals surface area contributed by atoms with Crippen LogP contribution in [0.1, 0.15) is 16.8 Å². The number of methoxy groups -OCH3 is 1. The normalized spacial score (nSPS) is 9.65. The summed E-state index contributed by atoms with van der Waals surface area (Å²) in [4.78, 5) is 16.7. The fraction of sp³-hybridized carbons (Fsp3) is 0.417. The Hall–Kier alpha value is -1.93. The highest BCUT2D eigenvalue weighted by molar-refractivity contribution is 5.74. The lowest BCUT2D eigenvalue weighted by atomic mass is 10.3. The Morgan fingerprint density at radius 1 is 1.53 bits per heavy atom. The number of hydrogen-bond acceptors (Lipinski definition) is 5. The van der Waals surface area contributed by atoms with Crippen molar-refractivity contribution in [3.8, 4) is 6.07 Å². The number of pyridine rings is 1. The molecule has 5 nitrogen and oxygen atoms in total. The highest BCUT2D eigenvalue weighted by atomic mass is 16.5. The minimum Gasteiger partial charge on any atom is -0.383 e. The van der Waals surface area contributed by atoms with Crippen molar-refractivity contribution in [2.75, 3.05) is 31.7 Å². The summed E-state index contributed by atoms with van der Waals surface area (Å²) in [5.74, 6) is 0.753. The number of anilines is 1. The summed E-state index contributed by atoms with van der Waals surface area (Å²) in [7, 11) is 1.63. The minimum absolute atomic E-state index is 0.431. The van der Waals surface area contributed by atoms with Gasteiger partial charge in [0.25, 0.3) is 0 Å². The first-order chi connectivity index (χ1) is 8.31. The van der Waals surface area contributed by atoms with E-state index in [-0.39, 0.29) is 0 Å². The topological polar surface area (TPSA) is 66.2 Å². The standard InChI is InChI=1S/C12H15N3O2/c1-17-8-7-15(6-2-5-13)12-4-3-11(10-16)9-14-12/h3-4,9-10H,2,6-8H2,1H3. The highest BCUT2D eigenvalue weighted by Crippen LogP contribution is 2.10. The Morgan fingerprint density at radius 3 is 2.88 bits per heavy atom. The lowest BCUT2D eigenvalue weighted by molar-refractivity contribution is 0.112. The number of carbonyl (C=O) groups is 1. The Kier molecular flexibility index (Phi) is 5.69. The van der Waals surface area contributed by atoms with Crippen LogP contribution in [0.25, 0.3) is 0 Å². The molecular formula is C12H15N3O2. The van der Waals surface area contributed by atoms with Gasteiger partial charge in [-0.25, -0.2) is 4.98 Å². The van der Waals surface area contributed by atoms with E-state index < -0.39 is 0 Å². The second kappa shape index (κ2) is 7.36. The van der Waals surface area contributed by atoms with Crippen LogP contribution in [0.4, 0.5) is 5.82 Å². The summed E-state index contributed by atoms with van der Waals surface area (Å²) >= 11 is 0. The van der Waals surface area contributed by atoms with E-state index >= 15 is 0 Å². The van der Waals surface area contributed by atoms with Gasteiger partial charge in [0.1, 0.15) is 5.82 Å². The highest BCUT2D eigenvalue weighted by Gasteiger charge is 2.07. The molecule has 0 amide bonds. The van der Waals surface area contributed by atoms with Gasteiger partial charge in [0.05, 0.1) is 19.1 Å². The SMILES string of the molecule is COCCN(CCC#N)c1ccc(C=O)cn1. The van der Waals surface area contributed by atoms with Gasteiger partial charge in [-0.3, -0.25) is 4.79 Å². The Bertz CT molecular complexity index is 384. The molecule has 17 heavy (non-hydrogen) atoms. The van der Waals surface area contributed by atoms with Crippen LogP contribution in [0, 0.1) is 11.3 Å². The molecule has 5 heteroatoms. The molecule has 0 bridgehead atoms. The molecule has 0 fully saturated rings. The van der Waals surface area contributed by atoms with E-state index in [1.807, 2.05) is 4.90 Å². The number of ether oxygens (including phenoxy) is 1. The third kappa shape index (κ3) is 4.21. The van der Waals surface area contributed by atoms with Gasteiger partial charge in [-0.2, -0.15) is 5.26 Å². The third-order valence-corrected chi connectivity index (χ3v) is 2.29. The number of aromatic nitrogens is 1. The Balaban J connectivity index is 2.72. The Morgan fingerprint density at radius 2 is 2.35 bits per heavy atom. The Labute approximate surface area is 101 Å². The van der Waals surface area contributed by atoms with Crippen molar-refractivity contribution in [1.29, 1.82) is 5.26 Å². The van der Waals surface area contributed by atoms with Gasteiger partial charge in [0, 0.05) is 32.0 Å². The van der Waals surface area contributed by atoms with E-state index in [1.54, 1.807) is 19.2 Å². The molecule has 0 spiro atoms. The fourth-order valence-corrected chi connectivity index (χ4v) is 1.38. The second-order valence-corrected chi connectivity index (χ2v) is 3.46. The minimum atomic E-state index is 0.431. The molecule has 90 valence electrons. The van der Waals surface area contributed by atoms with Gasteiger partial charge in [-0.1, -0.05) is 0 Å². The maximum absolute atomic E-state index is 10.5. The molecule has 0 aliphatic carbocycles. The van der Waals surface area contributed by atoms with Crippen LogP contribution in [-0.2, 0) is 4.74 Å². The van der Waals surface area contributed by atoms with Crippen molar-refractivity contribution in [3.05, 3.63) is 23.9 Å². The number of nitriles is 1. The summed E-state index contributed by atoms with van der Waals surface area (Å²) in [5.41, 5.74) is 0.542. The second-order valence-electron chi connectivity index (χ2n) is 3.46. The molecular weight excluding hydrogens is 218 g/mol. The van der Waals surface area contributed by atoms with E-state index in [0.717, 1.165) is 12.1 Å². The van der Waals surface area contributed by atoms with Gasteiger partial charge in [-0.05, 0) is 12.1 Å². The predicted molar refractivity (Wildman–Crippen MR) is 63.9 cm³/mol. The van der Waals surface area contributed by atoms with E-state index in [4.69, 9.17) is 10.00 Å². The molecule has 1 aromatic heterocycles. The molecule has 0 atom stereocenters. The lowest BCUT2D eigenvalue weighted by Gasteiger charge is -2.22. The number of aldehydes is 1. The van der Waals surface area contributed by atoms with E-state index in [2.05, 4.69) is 11.1 Å². The van der Waals surface area contributed by atoms with Crippen LogP contribution in [0.15, 0.2) is 18.3 Å². The molecule has 0 aliphatic rings. The maximum atomic E-state index is 10.5. The van der Waals surface area contributed by atoms with Crippen molar-refractivity contribution < 1.29 is 9.53 Å². The van der Waals surface area contributed by atoms with E-state index in [9.17, 15) is 4.79 Å².